The van der Waals surface area contributed by atoms with Crippen molar-refractivity contribution >= 4 is 18.1 Å². The standard InChI is InChI=1S/C22H26NO2SSi/c1-18-10-12-21(13-11-18)26(24,25)22(19-8-6-5-7-9-19)20-14-16-23(17-15-20)27(2,3)4/h5-17,22H,1-4H3/q+1. The molecule has 0 aliphatic carbocycles. The lowest BCUT2D eigenvalue weighted by Crippen LogP contribution is -2.57. The Labute approximate surface area is 163 Å². The first-order chi connectivity index (χ1) is 12.7. The van der Waals surface area contributed by atoms with Crippen molar-refractivity contribution in [2.45, 2.75) is 36.7 Å². The van der Waals surface area contributed by atoms with Gasteiger partial charge in [0.1, 0.15) is 17.6 Å². The molecule has 0 N–H and O–H groups in total. The zero-order chi connectivity index (χ0) is 19.7. The number of hydrogen-bond donors (Lipinski definition) is 0. The average Bonchev–Trinajstić information content (AvgIpc) is 2.63. The molecule has 2 aromatic carbocycles. The quantitative estimate of drug-likeness (QED) is 0.594. The molecule has 0 radical (unpaired) electrons. The van der Waals surface area contributed by atoms with Crippen LogP contribution in [0.15, 0.2) is 84.0 Å². The Balaban J connectivity index is 2.14. The molecule has 1 unspecified atom stereocenters. The smallest absolute Gasteiger partial charge is 0.280 e. The van der Waals surface area contributed by atoms with Crippen molar-refractivity contribution in [3.63, 3.8) is 0 Å². The lowest BCUT2D eigenvalue weighted by molar-refractivity contribution is -0.545. The van der Waals surface area contributed by atoms with Crippen molar-refractivity contribution in [3.05, 3.63) is 95.8 Å². The van der Waals surface area contributed by atoms with Crippen LogP contribution in [0.2, 0.25) is 19.6 Å². The van der Waals surface area contributed by atoms with Crippen LogP contribution in [0.4, 0.5) is 0 Å². The Morgan fingerprint density at radius 2 is 1.30 bits per heavy atom. The molecule has 3 nitrogen and oxygen atoms in total. The lowest BCUT2D eigenvalue weighted by Gasteiger charge is -2.19. The van der Waals surface area contributed by atoms with Crippen LogP contribution in [0.25, 0.3) is 0 Å². The third-order valence-corrected chi connectivity index (χ3v) is 8.64. The number of sulfone groups is 1. The second kappa shape index (κ2) is 7.41. The zero-order valence-corrected chi connectivity index (χ0v) is 18.1. The molecule has 0 aliphatic rings. The van der Waals surface area contributed by atoms with Crippen molar-refractivity contribution < 1.29 is 12.7 Å². The lowest BCUT2D eigenvalue weighted by atomic mass is 10.1. The highest BCUT2D eigenvalue weighted by Gasteiger charge is 2.32. The molecule has 0 saturated carbocycles. The van der Waals surface area contributed by atoms with Gasteiger partial charge in [-0.2, -0.15) is 0 Å². The molecule has 27 heavy (non-hydrogen) atoms. The van der Waals surface area contributed by atoms with Gasteiger partial charge in [0.25, 0.3) is 0 Å². The molecule has 5 heteroatoms. The van der Waals surface area contributed by atoms with E-state index in [1.54, 1.807) is 12.1 Å². The maximum atomic E-state index is 13.5. The van der Waals surface area contributed by atoms with Gasteiger partial charge in [-0.3, -0.25) is 4.23 Å². The van der Waals surface area contributed by atoms with Crippen molar-refractivity contribution in [2.75, 3.05) is 0 Å². The number of benzene rings is 2. The maximum Gasteiger partial charge on any atom is 0.354 e. The fraction of sp³-hybridized carbons (Fsp3) is 0.227. The van der Waals surface area contributed by atoms with Gasteiger partial charge in [-0.15, -0.1) is 0 Å². The third-order valence-electron chi connectivity index (χ3n) is 4.69. The van der Waals surface area contributed by atoms with Crippen LogP contribution in [-0.2, 0) is 9.84 Å². The summed E-state index contributed by atoms with van der Waals surface area (Å²) in [4.78, 5) is 0.351. The van der Waals surface area contributed by atoms with Crippen LogP contribution in [0.3, 0.4) is 0 Å². The van der Waals surface area contributed by atoms with Crippen LogP contribution < -0.4 is 4.23 Å². The van der Waals surface area contributed by atoms with E-state index >= 15 is 0 Å². The topological polar surface area (TPSA) is 38.0 Å². The predicted octanol–water partition coefficient (Wildman–Crippen LogP) is 4.53. The summed E-state index contributed by atoms with van der Waals surface area (Å²) in [5, 5.41) is -0.724. The highest BCUT2D eigenvalue weighted by Crippen LogP contribution is 2.34. The summed E-state index contributed by atoms with van der Waals surface area (Å²) < 4.78 is 29.3. The number of nitrogens with zero attached hydrogens (tertiary/aromatic N) is 1. The van der Waals surface area contributed by atoms with E-state index in [-0.39, 0.29) is 0 Å². The van der Waals surface area contributed by atoms with Gasteiger partial charge in [0.2, 0.25) is 0 Å². The fourth-order valence-electron chi connectivity index (χ4n) is 3.10. The second-order valence-corrected chi connectivity index (χ2v) is 14.7. The molecule has 1 atom stereocenters. The fourth-order valence-corrected chi connectivity index (χ4v) is 5.96. The first-order valence-corrected chi connectivity index (χ1v) is 14.1. The van der Waals surface area contributed by atoms with E-state index in [0.717, 1.165) is 16.7 Å². The molecule has 0 amide bonds. The molecule has 0 saturated heterocycles. The summed E-state index contributed by atoms with van der Waals surface area (Å²) in [5.41, 5.74) is 2.61. The SMILES string of the molecule is Cc1ccc(S(=O)(=O)C(c2ccccc2)c2cc[n+]([Si](C)(C)C)cc2)cc1. The van der Waals surface area contributed by atoms with E-state index in [2.05, 4.69) is 23.9 Å². The van der Waals surface area contributed by atoms with Crippen LogP contribution in [0, 0.1) is 6.92 Å². The number of aromatic nitrogens is 1. The van der Waals surface area contributed by atoms with Gasteiger partial charge >= 0.3 is 8.24 Å². The molecular weight excluding hydrogens is 370 g/mol. The second-order valence-electron chi connectivity index (χ2n) is 7.86. The van der Waals surface area contributed by atoms with E-state index in [0.29, 0.717) is 4.90 Å². The van der Waals surface area contributed by atoms with Crippen molar-refractivity contribution in [2.24, 2.45) is 0 Å². The molecule has 0 spiro atoms. The van der Waals surface area contributed by atoms with Gasteiger partial charge < -0.3 is 0 Å². The minimum absolute atomic E-state index is 0.351. The Hall–Kier alpha value is -2.24. The van der Waals surface area contributed by atoms with Gasteiger partial charge in [0.15, 0.2) is 9.84 Å². The number of rotatable bonds is 5. The maximum absolute atomic E-state index is 13.5. The number of hydrogen-bond acceptors (Lipinski definition) is 2. The Kier molecular flexibility index (Phi) is 5.35. The summed E-state index contributed by atoms with van der Waals surface area (Å²) in [6.07, 6.45) is 4.03. The van der Waals surface area contributed by atoms with Gasteiger partial charge in [0, 0.05) is 12.1 Å². The van der Waals surface area contributed by atoms with Crippen LogP contribution in [0.1, 0.15) is 21.9 Å². The van der Waals surface area contributed by atoms with E-state index in [4.69, 9.17) is 0 Å². The Morgan fingerprint density at radius 1 is 0.778 bits per heavy atom. The Bertz CT molecular complexity index is 1010. The monoisotopic (exact) mass is 396 g/mol. The van der Waals surface area contributed by atoms with E-state index in [1.165, 1.54) is 0 Å². The van der Waals surface area contributed by atoms with E-state index in [1.807, 2.05) is 73.9 Å². The summed E-state index contributed by atoms with van der Waals surface area (Å²) in [5.74, 6) is 0. The summed E-state index contributed by atoms with van der Waals surface area (Å²) in [6.45, 7) is 8.72. The minimum atomic E-state index is -3.57. The predicted molar refractivity (Wildman–Crippen MR) is 112 cm³/mol. The van der Waals surface area contributed by atoms with Crippen LogP contribution in [0.5, 0.6) is 0 Å². The van der Waals surface area contributed by atoms with Gasteiger partial charge in [0.05, 0.1) is 4.90 Å². The molecule has 1 heterocycles. The van der Waals surface area contributed by atoms with Crippen molar-refractivity contribution in [1.82, 2.24) is 0 Å². The average molecular weight is 397 g/mol. The molecule has 0 aliphatic heterocycles. The number of aryl methyl sites for hydroxylation is 1. The summed E-state index contributed by atoms with van der Waals surface area (Å²) in [6, 6.07) is 20.4. The van der Waals surface area contributed by atoms with Crippen LogP contribution >= 0.6 is 0 Å². The van der Waals surface area contributed by atoms with E-state index in [9.17, 15) is 8.42 Å². The molecule has 0 bridgehead atoms. The van der Waals surface area contributed by atoms with Crippen LogP contribution in [-0.4, -0.2) is 16.7 Å². The summed E-state index contributed by atoms with van der Waals surface area (Å²) in [7, 11) is -5.09. The molecule has 140 valence electrons. The Morgan fingerprint density at radius 3 is 1.81 bits per heavy atom. The van der Waals surface area contributed by atoms with Gasteiger partial charge in [-0.1, -0.05) is 48.0 Å². The van der Waals surface area contributed by atoms with Gasteiger partial charge in [-0.05, 0) is 49.8 Å². The molecule has 0 fully saturated rings. The first kappa shape index (κ1) is 19.5. The normalized spacial score (nSPS) is 13.3. The number of pyridine rings is 1. The summed E-state index contributed by atoms with van der Waals surface area (Å²) >= 11 is 0. The van der Waals surface area contributed by atoms with Gasteiger partial charge in [-0.25, -0.2) is 8.42 Å². The highest BCUT2D eigenvalue weighted by molar-refractivity contribution is 7.91. The van der Waals surface area contributed by atoms with Crippen molar-refractivity contribution in [1.29, 1.82) is 0 Å². The first-order valence-electron chi connectivity index (χ1n) is 9.07. The minimum Gasteiger partial charge on any atom is -0.280 e. The molecular formula is C22H26NO2SSi+. The molecule has 3 rings (SSSR count). The third kappa shape index (κ3) is 4.20. The highest BCUT2D eigenvalue weighted by atomic mass is 32.2. The molecule has 3 aromatic rings. The largest absolute Gasteiger partial charge is 0.354 e. The molecule has 1 aromatic heterocycles. The van der Waals surface area contributed by atoms with Crippen molar-refractivity contribution in [3.8, 4) is 0 Å². The zero-order valence-electron chi connectivity index (χ0n) is 16.3. The van der Waals surface area contributed by atoms with E-state index < -0.39 is 23.3 Å².